The molecule has 4 heteroatoms. The Bertz CT molecular complexity index is 474. The van der Waals surface area contributed by atoms with E-state index in [9.17, 15) is 4.79 Å². The van der Waals surface area contributed by atoms with Crippen molar-refractivity contribution in [2.45, 2.75) is 45.6 Å². The van der Waals surface area contributed by atoms with Crippen LogP contribution < -0.4 is 11.1 Å². The normalized spacial score (nSPS) is 22.5. The number of rotatable bonds is 4. The molecule has 0 spiro atoms. The first-order valence-corrected chi connectivity index (χ1v) is 7.34. The van der Waals surface area contributed by atoms with Crippen molar-refractivity contribution >= 4 is 17.3 Å². The fourth-order valence-electron chi connectivity index (χ4n) is 2.69. The Balaban J connectivity index is 1.85. The van der Waals surface area contributed by atoms with Crippen molar-refractivity contribution in [3.63, 3.8) is 0 Å². The minimum atomic E-state index is -0.114. The summed E-state index contributed by atoms with van der Waals surface area (Å²) in [6.07, 6.45) is 4.95. The molecule has 4 nitrogen and oxygen atoms in total. The summed E-state index contributed by atoms with van der Waals surface area (Å²) >= 11 is 0. The lowest BCUT2D eigenvalue weighted by Crippen LogP contribution is -2.29. The van der Waals surface area contributed by atoms with Crippen LogP contribution in [0.2, 0.25) is 0 Å². The predicted octanol–water partition coefficient (Wildman–Crippen LogP) is 3.11. The monoisotopic (exact) mass is 276 g/mol. The maximum atomic E-state index is 11.9. The third kappa shape index (κ3) is 3.73. The van der Waals surface area contributed by atoms with E-state index in [4.69, 9.17) is 10.5 Å². The first-order valence-electron chi connectivity index (χ1n) is 7.34. The Morgan fingerprint density at radius 2 is 2.15 bits per heavy atom. The lowest BCUT2D eigenvalue weighted by molar-refractivity contribution is -0.124. The third-order valence-electron chi connectivity index (χ3n) is 4.11. The van der Waals surface area contributed by atoms with Gasteiger partial charge >= 0.3 is 0 Å². The molecule has 1 aliphatic rings. The Hall–Kier alpha value is -1.55. The maximum absolute atomic E-state index is 11.9. The van der Waals surface area contributed by atoms with Gasteiger partial charge < -0.3 is 15.8 Å². The van der Waals surface area contributed by atoms with E-state index in [1.54, 1.807) is 0 Å². The number of nitrogens with one attached hydrogen (secondary N) is 1. The number of nitrogens with two attached hydrogens (primary N) is 1. The summed E-state index contributed by atoms with van der Waals surface area (Å²) in [6.45, 7) is 4.21. The van der Waals surface area contributed by atoms with Crippen LogP contribution in [0.3, 0.4) is 0 Å². The maximum Gasteiger partial charge on any atom is 0.250 e. The Morgan fingerprint density at radius 3 is 2.90 bits per heavy atom. The molecule has 1 aliphatic carbocycles. The Labute approximate surface area is 120 Å². The van der Waals surface area contributed by atoms with E-state index in [2.05, 4.69) is 12.2 Å². The highest BCUT2D eigenvalue weighted by atomic mass is 16.5. The van der Waals surface area contributed by atoms with Gasteiger partial charge in [0, 0.05) is 11.4 Å². The molecular formula is C16H24N2O2. The number of carbonyl (C=O) groups excluding carboxylic acids is 1. The van der Waals surface area contributed by atoms with Crippen LogP contribution in [-0.4, -0.2) is 18.6 Å². The average molecular weight is 276 g/mol. The van der Waals surface area contributed by atoms with Gasteiger partial charge in [-0.2, -0.15) is 0 Å². The van der Waals surface area contributed by atoms with Gasteiger partial charge in [-0.3, -0.25) is 4.79 Å². The summed E-state index contributed by atoms with van der Waals surface area (Å²) in [5.41, 5.74) is 8.16. The fraction of sp³-hybridized carbons (Fsp3) is 0.562. The van der Waals surface area contributed by atoms with E-state index in [0.29, 0.717) is 11.6 Å². The van der Waals surface area contributed by atoms with Gasteiger partial charge in [0.1, 0.15) is 6.61 Å². The number of nitrogen functional groups attached to an aromatic ring is 1. The standard InChI is InChI=1S/C16H24N2O2/c1-11-6-3-4-9-15(11)20-10-16(19)18-14-8-5-7-13(17)12(14)2/h5,7-8,11,15H,3-4,6,9-10,17H2,1-2H3,(H,18,19). The molecule has 1 aromatic carbocycles. The van der Waals surface area contributed by atoms with E-state index >= 15 is 0 Å². The first kappa shape index (κ1) is 14.9. The summed E-state index contributed by atoms with van der Waals surface area (Å²) < 4.78 is 5.76. The van der Waals surface area contributed by atoms with Crippen molar-refractivity contribution in [2.75, 3.05) is 17.7 Å². The zero-order chi connectivity index (χ0) is 14.5. The molecule has 0 radical (unpaired) electrons. The number of ether oxygens (including phenoxy) is 1. The molecule has 1 saturated carbocycles. The lowest BCUT2D eigenvalue weighted by atomic mass is 9.88. The van der Waals surface area contributed by atoms with Crippen LogP contribution in [0.1, 0.15) is 38.2 Å². The number of hydrogen-bond donors (Lipinski definition) is 2. The molecule has 2 unspecified atom stereocenters. The van der Waals surface area contributed by atoms with E-state index in [1.807, 2.05) is 25.1 Å². The van der Waals surface area contributed by atoms with Crippen molar-refractivity contribution in [3.8, 4) is 0 Å². The van der Waals surface area contributed by atoms with Gasteiger partial charge in [0.25, 0.3) is 0 Å². The molecule has 2 atom stereocenters. The molecule has 0 aromatic heterocycles. The number of hydrogen-bond acceptors (Lipinski definition) is 3. The van der Waals surface area contributed by atoms with Crippen LogP contribution in [0.4, 0.5) is 11.4 Å². The molecule has 3 N–H and O–H groups in total. The van der Waals surface area contributed by atoms with Crippen molar-refractivity contribution in [1.82, 2.24) is 0 Å². The molecule has 1 aromatic rings. The molecule has 0 saturated heterocycles. The first-order chi connectivity index (χ1) is 9.58. The lowest BCUT2D eigenvalue weighted by Gasteiger charge is -2.28. The van der Waals surface area contributed by atoms with Crippen molar-refractivity contribution in [1.29, 1.82) is 0 Å². The Kier molecular flexibility index (Phi) is 5.01. The smallest absolute Gasteiger partial charge is 0.250 e. The van der Waals surface area contributed by atoms with Gasteiger partial charge in [-0.05, 0) is 43.4 Å². The van der Waals surface area contributed by atoms with Crippen molar-refractivity contribution < 1.29 is 9.53 Å². The molecule has 1 amide bonds. The fourth-order valence-corrected chi connectivity index (χ4v) is 2.69. The highest BCUT2D eigenvalue weighted by Gasteiger charge is 2.22. The van der Waals surface area contributed by atoms with Crippen LogP contribution in [-0.2, 0) is 9.53 Å². The largest absolute Gasteiger partial charge is 0.398 e. The van der Waals surface area contributed by atoms with Gasteiger partial charge in [0.05, 0.1) is 6.10 Å². The molecule has 20 heavy (non-hydrogen) atoms. The number of carbonyl (C=O) groups is 1. The van der Waals surface area contributed by atoms with Gasteiger partial charge in [-0.1, -0.05) is 25.8 Å². The summed E-state index contributed by atoms with van der Waals surface area (Å²) in [4.78, 5) is 11.9. The molecule has 1 fully saturated rings. The molecule has 0 bridgehead atoms. The topological polar surface area (TPSA) is 64.3 Å². The molecule has 110 valence electrons. The molecular weight excluding hydrogens is 252 g/mol. The number of benzene rings is 1. The van der Waals surface area contributed by atoms with Crippen LogP contribution in [0.25, 0.3) is 0 Å². The second-order valence-corrected chi connectivity index (χ2v) is 5.68. The molecule has 0 heterocycles. The van der Waals surface area contributed by atoms with E-state index in [-0.39, 0.29) is 18.6 Å². The van der Waals surface area contributed by atoms with Crippen molar-refractivity contribution in [2.24, 2.45) is 5.92 Å². The summed E-state index contributed by atoms with van der Waals surface area (Å²) in [6, 6.07) is 5.51. The van der Waals surface area contributed by atoms with E-state index < -0.39 is 0 Å². The SMILES string of the molecule is Cc1c(N)cccc1NC(=O)COC1CCCCC1C. The van der Waals surface area contributed by atoms with Gasteiger partial charge in [0.2, 0.25) is 5.91 Å². The van der Waals surface area contributed by atoms with Crippen LogP contribution in [0.15, 0.2) is 18.2 Å². The van der Waals surface area contributed by atoms with Crippen LogP contribution >= 0.6 is 0 Å². The van der Waals surface area contributed by atoms with Crippen molar-refractivity contribution in [3.05, 3.63) is 23.8 Å². The quantitative estimate of drug-likeness (QED) is 0.830. The highest BCUT2D eigenvalue weighted by molar-refractivity contribution is 5.93. The van der Waals surface area contributed by atoms with Gasteiger partial charge in [0.15, 0.2) is 0 Å². The predicted molar refractivity (Wildman–Crippen MR) is 81.6 cm³/mol. The van der Waals surface area contributed by atoms with Crippen LogP contribution in [0.5, 0.6) is 0 Å². The average Bonchev–Trinajstić information content (AvgIpc) is 2.43. The highest BCUT2D eigenvalue weighted by Crippen LogP contribution is 2.26. The zero-order valence-electron chi connectivity index (χ0n) is 12.3. The Morgan fingerprint density at radius 1 is 1.40 bits per heavy atom. The second-order valence-electron chi connectivity index (χ2n) is 5.68. The number of amides is 1. The summed E-state index contributed by atoms with van der Waals surface area (Å²) in [5, 5.41) is 2.86. The van der Waals surface area contributed by atoms with E-state index in [0.717, 1.165) is 17.7 Å². The van der Waals surface area contributed by atoms with Gasteiger partial charge in [-0.15, -0.1) is 0 Å². The number of anilines is 2. The summed E-state index contributed by atoms with van der Waals surface area (Å²) in [7, 11) is 0. The third-order valence-corrected chi connectivity index (χ3v) is 4.11. The zero-order valence-corrected chi connectivity index (χ0v) is 12.3. The van der Waals surface area contributed by atoms with E-state index in [1.165, 1.54) is 19.3 Å². The minimum absolute atomic E-state index is 0.114. The van der Waals surface area contributed by atoms with Crippen LogP contribution in [0, 0.1) is 12.8 Å². The second kappa shape index (κ2) is 6.75. The molecule has 0 aliphatic heterocycles. The summed E-state index contributed by atoms with van der Waals surface area (Å²) in [5.74, 6) is 0.433. The molecule has 2 rings (SSSR count). The van der Waals surface area contributed by atoms with Gasteiger partial charge in [-0.25, -0.2) is 0 Å². The minimum Gasteiger partial charge on any atom is -0.398 e.